The zero-order chi connectivity index (χ0) is 8.27. The number of hydrogen-bond donors (Lipinski definition) is 1. The van der Waals surface area contributed by atoms with E-state index in [2.05, 4.69) is 15.9 Å². The molecule has 0 fully saturated rings. The Bertz CT molecular complexity index is 275. The van der Waals surface area contributed by atoms with Crippen LogP contribution >= 0.6 is 15.9 Å². The summed E-state index contributed by atoms with van der Waals surface area (Å²) in [6.07, 6.45) is 0. The second-order valence-corrected chi connectivity index (χ2v) is 2.80. The van der Waals surface area contributed by atoms with Gasteiger partial charge in [-0.2, -0.15) is 0 Å². The fourth-order valence-corrected chi connectivity index (χ4v) is 1.14. The van der Waals surface area contributed by atoms with Gasteiger partial charge in [0.1, 0.15) is 5.75 Å². The second kappa shape index (κ2) is 3.48. The van der Waals surface area contributed by atoms with Gasteiger partial charge in [0.25, 0.3) is 5.69 Å². The Kier molecular flexibility index (Phi) is 2.59. The highest BCUT2D eigenvalue weighted by atomic mass is 79.9. The molecule has 1 aromatic carbocycles. The molecule has 0 spiro atoms. The van der Waals surface area contributed by atoms with Gasteiger partial charge in [0, 0.05) is 22.2 Å². The Morgan fingerprint density at radius 3 is 2.73 bits per heavy atom. The molecule has 0 aliphatic carbocycles. The number of halogens is 1. The van der Waals surface area contributed by atoms with Crippen molar-refractivity contribution in [1.29, 1.82) is 0 Å². The summed E-state index contributed by atoms with van der Waals surface area (Å²) in [5.74, 6) is 0.718. The van der Waals surface area contributed by atoms with Crippen LogP contribution in [0.2, 0.25) is 0 Å². The lowest BCUT2D eigenvalue weighted by Crippen LogP contribution is -2.55. The molecule has 0 bridgehead atoms. The number of benzene rings is 1. The Balaban J connectivity index is 3.09. The molecule has 1 aromatic rings. The molecule has 0 aliphatic heterocycles. The van der Waals surface area contributed by atoms with Crippen LogP contribution in [0.3, 0.4) is 0 Å². The topological polar surface area (TPSA) is 40.3 Å². The monoisotopic (exact) mass is 216 g/mol. The van der Waals surface area contributed by atoms with Crippen molar-refractivity contribution < 1.29 is 9.91 Å². The molecular formula is C7H7BrNO2+. The van der Waals surface area contributed by atoms with E-state index < -0.39 is 0 Å². The number of nitrogens with one attached hydrogen (secondary N) is 1. The van der Waals surface area contributed by atoms with E-state index in [9.17, 15) is 4.91 Å². The first-order valence-electron chi connectivity index (χ1n) is 2.99. The van der Waals surface area contributed by atoms with Gasteiger partial charge in [0.2, 0.25) is 0 Å². The van der Waals surface area contributed by atoms with Crippen LogP contribution in [0.15, 0.2) is 22.7 Å². The predicted octanol–water partition coefficient (Wildman–Crippen LogP) is 0.936. The minimum atomic E-state index is 0.505. The normalized spacial score (nSPS) is 9.27. The third kappa shape index (κ3) is 1.77. The Morgan fingerprint density at radius 2 is 2.27 bits per heavy atom. The highest BCUT2D eigenvalue weighted by molar-refractivity contribution is 9.10. The number of rotatable bonds is 2. The van der Waals surface area contributed by atoms with Crippen LogP contribution in [-0.2, 0) is 0 Å². The molecule has 0 aromatic heterocycles. The molecule has 1 N–H and O–H groups in total. The van der Waals surface area contributed by atoms with E-state index in [0.29, 0.717) is 10.2 Å². The lowest BCUT2D eigenvalue weighted by atomic mass is 10.3. The molecular weight excluding hydrogens is 210 g/mol. The lowest BCUT2D eigenvalue weighted by molar-refractivity contribution is -0.380. The maximum atomic E-state index is 10.2. The van der Waals surface area contributed by atoms with Gasteiger partial charge in [-0.15, -0.1) is 0 Å². The minimum absolute atomic E-state index is 0.505. The quantitative estimate of drug-likeness (QED) is 0.800. The molecule has 0 amide bonds. The fraction of sp³-hybridized carbons (Fsp3) is 0.143. The van der Waals surface area contributed by atoms with Crippen molar-refractivity contribution in [2.24, 2.45) is 0 Å². The number of hydrogen-bond acceptors (Lipinski definition) is 2. The van der Waals surface area contributed by atoms with Crippen molar-refractivity contribution in [2.75, 3.05) is 7.11 Å². The first kappa shape index (κ1) is 8.20. The largest absolute Gasteiger partial charge is 0.497 e. The average molecular weight is 217 g/mol. The summed E-state index contributed by atoms with van der Waals surface area (Å²) < 4.78 is 5.64. The summed E-state index contributed by atoms with van der Waals surface area (Å²) in [5.41, 5.74) is 0.505. The van der Waals surface area contributed by atoms with Crippen LogP contribution < -0.4 is 9.91 Å². The molecule has 4 heteroatoms. The third-order valence-corrected chi connectivity index (χ3v) is 1.94. The molecule has 0 saturated carbocycles. The van der Waals surface area contributed by atoms with Gasteiger partial charge in [-0.1, -0.05) is 0 Å². The van der Waals surface area contributed by atoms with Gasteiger partial charge in [-0.25, -0.2) is 0 Å². The van der Waals surface area contributed by atoms with Gasteiger partial charge in [0.05, 0.1) is 11.6 Å². The maximum Gasteiger partial charge on any atom is 0.267 e. The SMILES string of the molecule is COc1ccc([NH+]=O)c(Br)c1. The van der Waals surface area contributed by atoms with Crippen molar-refractivity contribution in [3.05, 3.63) is 27.6 Å². The van der Waals surface area contributed by atoms with Crippen LogP contribution in [0.25, 0.3) is 0 Å². The smallest absolute Gasteiger partial charge is 0.267 e. The van der Waals surface area contributed by atoms with Crippen molar-refractivity contribution >= 4 is 21.6 Å². The third-order valence-electron chi connectivity index (χ3n) is 1.29. The summed E-state index contributed by atoms with van der Waals surface area (Å²) in [6.45, 7) is 0. The first-order valence-corrected chi connectivity index (χ1v) is 3.79. The van der Waals surface area contributed by atoms with Gasteiger partial charge < -0.3 is 4.74 Å². The summed E-state index contributed by atoms with van der Waals surface area (Å²) in [5, 5.41) is 1.79. The highest BCUT2D eigenvalue weighted by Crippen LogP contribution is 2.23. The van der Waals surface area contributed by atoms with Crippen LogP contribution in [-0.4, -0.2) is 7.11 Å². The molecule has 0 unspecified atom stereocenters. The van der Waals surface area contributed by atoms with Crippen molar-refractivity contribution in [2.45, 2.75) is 0 Å². The lowest BCUT2D eigenvalue weighted by Gasteiger charge is -1.97. The number of ether oxygens (including phenoxy) is 1. The fourth-order valence-electron chi connectivity index (χ4n) is 0.706. The van der Waals surface area contributed by atoms with E-state index in [4.69, 9.17) is 4.74 Å². The van der Waals surface area contributed by atoms with E-state index in [-0.39, 0.29) is 0 Å². The molecule has 0 atom stereocenters. The van der Waals surface area contributed by atoms with Gasteiger partial charge in [-0.05, 0) is 22.0 Å². The highest BCUT2D eigenvalue weighted by Gasteiger charge is 2.05. The summed E-state index contributed by atoms with van der Waals surface area (Å²) >= 11 is 3.21. The molecule has 0 aliphatic rings. The molecule has 1 rings (SSSR count). The van der Waals surface area contributed by atoms with Crippen molar-refractivity contribution in [3.63, 3.8) is 0 Å². The Labute approximate surface area is 72.5 Å². The van der Waals surface area contributed by atoms with Crippen LogP contribution in [0.4, 0.5) is 5.69 Å². The van der Waals surface area contributed by atoms with E-state index in [0.717, 1.165) is 5.75 Å². The minimum Gasteiger partial charge on any atom is -0.497 e. The average Bonchev–Trinajstić information content (AvgIpc) is 2.04. The maximum absolute atomic E-state index is 10.2. The van der Waals surface area contributed by atoms with Crippen LogP contribution in [0, 0.1) is 4.91 Å². The van der Waals surface area contributed by atoms with E-state index >= 15 is 0 Å². The second-order valence-electron chi connectivity index (χ2n) is 1.95. The molecule has 0 heterocycles. The van der Waals surface area contributed by atoms with E-state index in [1.807, 2.05) is 0 Å². The Hall–Kier alpha value is -0.900. The van der Waals surface area contributed by atoms with Crippen molar-refractivity contribution in [3.8, 4) is 5.75 Å². The zero-order valence-corrected chi connectivity index (χ0v) is 7.51. The zero-order valence-electron chi connectivity index (χ0n) is 5.93. The summed E-state index contributed by atoms with van der Waals surface area (Å²) in [6, 6.07) is 5.08. The molecule has 11 heavy (non-hydrogen) atoms. The van der Waals surface area contributed by atoms with Gasteiger partial charge in [-0.3, -0.25) is 0 Å². The van der Waals surface area contributed by atoms with E-state index in [1.54, 1.807) is 30.5 Å². The van der Waals surface area contributed by atoms with Gasteiger partial charge in [0.15, 0.2) is 0 Å². The molecule has 3 nitrogen and oxygen atoms in total. The van der Waals surface area contributed by atoms with Crippen LogP contribution in [0.1, 0.15) is 0 Å². The van der Waals surface area contributed by atoms with Crippen LogP contribution in [0.5, 0.6) is 5.75 Å². The first-order chi connectivity index (χ1) is 5.27. The van der Waals surface area contributed by atoms with E-state index in [1.165, 1.54) is 0 Å². The Morgan fingerprint density at radius 1 is 1.55 bits per heavy atom. The number of nitroso groups, excluding NO2 is 1. The molecule has 0 saturated heterocycles. The molecule has 0 radical (unpaired) electrons. The van der Waals surface area contributed by atoms with Gasteiger partial charge >= 0.3 is 0 Å². The molecule has 58 valence electrons. The van der Waals surface area contributed by atoms with Crippen molar-refractivity contribution in [1.82, 2.24) is 0 Å². The summed E-state index contributed by atoms with van der Waals surface area (Å²) in [4.78, 5) is 10.2. The standard InChI is InChI=1S/C7H6BrNO2/c1-11-5-2-3-7(9-10)6(8)4-5/h2-4H,1H3/p+1. The summed E-state index contributed by atoms with van der Waals surface area (Å²) in [7, 11) is 1.58. The predicted molar refractivity (Wildman–Crippen MR) is 44.7 cm³/mol. The number of methoxy groups -OCH3 is 1.